The highest BCUT2D eigenvalue weighted by Crippen LogP contribution is 2.09. The molecule has 0 aliphatic heterocycles. The van der Waals surface area contributed by atoms with E-state index in [2.05, 4.69) is 11.1 Å². The molecular formula is C11H24O4S. The largest absolute Gasteiger partial charge is 0.397 e. The third-order valence-electron chi connectivity index (χ3n) is 2.48. The molecule has 98 valence electrons. The minimum absolute atomic E-state index is 0.0919. The van der Waals surface area contributed by atoms with Gasteiger partial charge < -0.3 is 0 Å². The van der Waals surface area contributed by atoms with Crippen molar-refractivity contribution in [3.8, 4) is 0 Å². The molecule has 0 saturated heterocycles. The van der Waals surface area contributed by atoms with Crippen LogP contribution in [0.15, 0.2) is 0 Å². The van der Waals surface area contributed by atoms with Crippen molar-refractivity contribution < 1.29 is 17.2 Å². The average molecular weight is 252 g/mol. The monoisotopic (exact) mass is 252 g/mol. The van der Waals surface area contributed by atoms with Crippen LogP contribution >= 0.6 is 0 Å². The van der Waals surface area contributed by atoms with Gasteiger partial charge in [-0.15, -0.1) is 0 Å². The zero-order valence-corrected chi connectivity index (χ0v) is 11.0. The third kappa shape index (κ3) is 13.9. The SMILES string of the molecule is CCCCCCCCCCCOS(=O)(=O)O. The molecule has 0 aliphatic rings. The molecule has 4 nitrogen and oxygen atoms in total. The van der Waals surface area contributed by atoms with Crippen molar-refractivity contribution in [2.45, 2.75) is 64.7 Å². The highest BCUT2D eigenvalue weighted by atomic mass is 32.3. The maximum atomic E-state index is 10.2. The van der Waals surface area contributed by atoms with Gasteiger partial charge in [-0.1, -0.05) is 58.3 Å². The summed E-state index contributed by atoms with van der Waals surface area (Å²) in [6, 6.07) is 0. The van der Waals surface area contributed by atoms with Gasteiger partial charge >= 0.3 is 10.4 Å². The molecule has 5 heteroatoms. The molecule has 0 aromatic rings. The summed E-state index contributed by atoms with van der Waals surface area (Å²) in [6.45, 7) is 2.30. The van der Waals surface area contributed by atoms with Crippen molar-refractivity contribution >= 4 is 10.4 Å². The Balaban J connectivity index is 3.05. The Kier molecular flexibility index (Phi) is 9.97. The Morgan fingerprint density at radius 2 is 1.31 bits per heavy atom. The molecule has 16 heavy (non-hydrogen) atoms. The van der Waals surface area contributed by atoms with Gasteiger partial charge in [0.2, 0.25) is 0 Å². The zero-order chi connectivity index (χ0) is 12.3. The van der Waals surface area contributed by atoms with E-state index in [1.54, 1.807) is 0 Å². The lowest BCUT2D eigenvalue weighted by Gasteiger charge is -2.01. The van der Waals surface area contributed by atoms with Gasteiger partial charge in [-0.3, -0.25) is 4.55 Å². The second-order valence-electron chi connectivity index (χ2n) is 4.08. The summed E-state index contributed by atoms with van der Waals surface area (Å²) in [5, 5.41) is 0. The van der Waals surface area contributed by atoms with Gasteiger partial charge in [0.25, 0.3) is 0 Å². The van der Waals surface area contributed by atoms with Gasteiger partial charge in [-0.05, 0) is 6.42 Å². The lowest BCUT2D eigenvalue weighted by atomic mass is 10.1. The summed E-state index contributed by atoms with van der Waals surface area (Å²) in [7, 11) is -4.23. The first kappa shape index (κ1) is 15.9. The van der Waals surface area contributed by atoms with Crippen LogP contribution in [0.2, 0.25) is 0 Å². The van der Waals surface area contributed by atoms with Gasteiger partial charge in [0.1, 0.15) is 0 Å². The van der Waals surface area contributed by atoms with E-state index in [4.69, 9.17) is 4.55 Å². The van der Waals surface area contributed by atoms with Crippen LogP contribution < -0.4 is 0 Å². The summed E-state index contributed by atoms with van der Waals surface area (Å²) in [5.74, 6) is 0. The fraction of sp³-hybridized carbons (Fsp3) is 1.00. The first-order valence-electron chi connectivity index (χ1n) is 6.18. The predicted octanol–water partition coefficient (Wildman–Crippen LogP) is 3.34. The van der Waals surface area contributed by atoms with Crippen LogP contribution in [0.1, 0.15) is 64.7 Å². The maximum absolute atomic E-state index is 10.2. The van der Waals surface area contributed by atoms with Crippen LogP contribution in [0.5, 0.6) is 0 Å². The maximum Gasteiger partial charge on any atom is 0.397 e. The van der Waals surface area contributed by atoms with E-state index in [1.165, 1.54) is 38.5 Å². The molecule has 0 spiro atoms. The predicted molar refractivity (Wildman–Crippen MR) is 64.7 cm³/mol. The summed E-state index contributed by atoms with van der Waals surface area (Å²) >= 11 is 0. The second kappa shape index (κ2) is 10.1. The van der Waals surface area contributed by atoms with Gasteiger partial charge in [-0.2, -0.15) is 8.42 Å². The van der Waals surface area contributed by atoms with Crippen molar-refractivity contribution in [3.05, 3.63) is 0 Å². The van der Waals surface area contributed by atoms with Crippen LogP contribution in [0.3, 0.4) is 0 Å². The molecule has 0 unspecified atom stereocenters. The van der Waals surface area contributed by atoms with Crippen LogP contribution in [0.4, 0.5) is 0 Å². The fourth-order valence-electron chi connectivity index (χ4n) is 1.58. The van der Waals surface area contributed by atoms with Crippen molar-refractivity contribution in [3.63, 3.8) is 0 Å². The lowest BCUT2D eigenvalue weighted by molar-refractivity contribution is 0.261. The molecule has 0 aromatic carbocycles. The number of rotatable bonds is 11. The Bertz CT molecular complexity index is 236. The number of unbranched alkanes of at least 4 members (excludes halogenated alkanes) is 8. The first-order valence-corrected chi connectivity index (χ1v) is 7.54. The molecule has 0 heterocycles. The highest BCUT2D eigenvalue weighted by Gasteiger charge is 2.02. The number of hydrogen-bond acceptors (Lipinski definition) is 3. The van der Waals surface area contributed by atoms with Crippen LogP contribution in [0.25, 0.3) is 0 Å². The summed E-state index contributed by atoms with van der Waals surface area (Å²) in [5.41, 5.74) is 0. The fourth-order valence-corrected chi connectivity index (χ4v) is 1.91. The van der Waals surface area contributed by atoms with E-state index in [-0.39, 0.29) is 6.61 Å². The molecule has 0 rings (SSSR count). The quantitative estimate of drug-likeness (QED) is 0.452. The Hall–Kier alpha value is -0.130. The molecule has 0 fully saturated rings. The van der Waals surface area contributed by atoms with Gasteiger partial charge in [0, 0.05) is 0 Å². The highest BCUT2D eigenvalue weighted by molar-refractivity contribution is 7.80. The molecule has 0 saturated carbocycles. The molecule has 0 radical (unpaired) electrons. The van der Waals surface area contributed by atoms with E-state index in [0.29, 0.717) is 6.42 Å². The Morgan fingerprint density at radius 1 is 0.875 bits per heavy atom. The van der Waals surface area contributed by atoms with Gasteiger partial charge in [-0.25, -0.2) is 4.18 Å². The third-order valence-corrected chi connectivity index (χ3v) is 2.94. The van der Waals surface area contributed by atoms with Crippen LogP contribution in [0, 0.1) is 0 Å². The Morgan fingerprint density at radius 3 is 1.75 bits per heavy atom. The summed E-state index contributed by atoms with van der Waals surface area (Å²) < 4.78 is 32.9. The second-order valence-corrected chi connectivity index (χ2v) is 5.17. The lowest BCUT2D eigenvalue weighted by Crippen LogP contribution is -2.04. The molecule has 0 aliphatic carbocycles. The summed E-state index contributed by atoms with van der Waals surface area (Å²) in [4.78, 5) is 0. The molecule has 0 aromatic heterocycles. The standard InChI is InChI=1S/C11H24O4S/c1-2-3-4-5-6-7-8-9-10-11-15-16(12,13)14/h2-11H2,1H3,(H,12,13,14). The van der Waals surface area contributed by atoms with E-state index < -0.39 is 10.4 Å². The minimum Gasteiger partial charge on any atom is -0.264 e. The van der Waals surface area contributed by atoms with E-state index in [1.807, 2.05) is 0 Å². The first-order chi connectivity index (χ1) is 7.56. The minimum atomic E-state index is -4.23. The van der Waals surface area contributed by atoms with Gasteiger partial charge in [0.05, 0.1) is 6.61 Å². The van der Waals surface area contributed by atoms with E-state index in [9.17, 15) is 8.42 Å². The van der Waals surface area contributed by atoms with Crippen LogP contribution in [-0.2, 0) is 14.6 Å². The molecule has 0 bridgehead atoms. The van der Waals surface area contributed by atoms with E-state index in [0.717, 1.165) is 12.8 Å². The molecule has 1 N–H and O–H groups in total. The zero-order valence-electron chi connectivity index (χ0n) is 10.2. The van der Waals surface area contributed by atoms with Crippen molar-refractivity contribution in [1.29, 1.82) is 0 Å². The average Bonchev–Trinajstić information content (AvgIpc) is 2.19. The van der Waals surface area contributed by atoms with Crippen LogP contribution in [-0.4, -0.2) is 19.6 Å². The smallest absolute Gasteiger partial charge is 0.264 e. The summed E-state index contributed by atoms with van der Waals surface area (Å²) in [6.07, 6.45) is 10.4. The van der Waals surface area contributed by atoms with Crippen molar-refractivity contribution in [2.24, 2.45) is 0 Å². The van der Waals surface area contributed by atoms with Crippen molar-refractivity contribution in [1.82, 2.24) is 0 Å². The molecule has 0 amide bonds. The topological polar surface area (TPSA) is 63.6 Å². The van der Waals surface area contributed by atoms with Gasteiger partial charge in [0.15, 0.2) is 0 Å². The Labute approximate surface area is 99.3 Å². The normalized spacial score (nSPS) is 11.9. The van der Waals surface area contributed by atoms with Crippen molar-refractivity contribution in [2.75, 3.05) is 6.61 Å². The number of hydrogen-bond donors (Lipinski definition) is 1. The molecule has 0 atom stereocenters. The molecular weight excluding hydrogens is 228 g/mol. The van der Waals surface area contributed by atoms with E-state index >= 15 is 0 Å².